The van der Waals surface area contributed by atoms with Crippen molar-refractivity contribution in [2.45, 2.75) is 24.2 Å². The van der Waals surface area contributed by atoms with Gasteiger partial charge in [0.2, 0.25) is 10.0 Å². The minimum Gasteiger partial charge on any atom is -0.370 e. The minimum absolute atomic E-state index is 0.217. The van der Waals surface area contributed by atoms with Gasteiger partial charge < -0.3 is 10.6 Å². The maximum atomic E-state index is 11.9. The summed E-state index contributed by atoms with van der Waals surface area (Å²) in [5.41, 5.74) is 0. The molecule has 1 aromatic rings. The van der Waals surface area contributed by atoms with Crippen LogP contribution in [0.5, 0.6) is 0 Å². The lowest BCUT2D eigenvalue weighted by atomic mass is 9.96. The van der Waals surface area contributed by atoms with Crippen molar-refractivity contribution >= 4 is 15.8 Å². The second-order valence-corrected chi connectivity index (χ2v) is 7.75. The van der Waals surface area contributed by atoms with Gasteiger partial charge in [-0.2, -0.15) is 0 Å². The third kappa shape index (κ3) is 4.39. The van der Waals surface area contributed by atoms with Crippen LogP contribution >= 0.6 is 0 Å². The van der Waals surface area contributed by atoms with Crippen LogP contribution in [-0.4, -0.2) is 51.4 Å². The van der Waals surface area contributed by atoms with Crippen molar-refractivity contribution in [2.75, 3.05) is 39.0 Å². The van der Waals surface area contributed by atoms with Crippen LogP contribution < -0.4 is 10.6 Å². The predicted octanol–water partition coefficient (Wildman–Crippen LogP) is 1.13. The van der Waals surface area contributed by atoms with E-state index in [1.807, 2.05) is 0 Å². The highest BCUT2D eigenvalue weighted by Crippen LogP contribution is 2.16. The summed E-state index contributed by atoms with van der Waals surface area (Å²) in [5, 5.41) is 6.66. The fraction of sp³-hybridized carbons (Fsp3) is 0.643. The lowest BCUT2D eigenvalue weighted by Gasteiger charge is -2.22. The fourth-order valence-corrected chi connectivity index (χ4v) is 3.27. The van der Waals surface area contributed by atoms with E-state index < -0.39 is 10.0 Å². The molecule has 1 unspecified atom stereocenters. The number of hydrogen-bond acceptors (Lipinski definition) is 5. The molecule has 118 valence electrons. The van der Waals surface area contributed by atoms with Gasteiger partial charge in [0, 0.05) is 26.8 Å². The normalized spacial score (nSPS) is 19.7. The van der Waals surface area contributed by atoms with E-state index in [1.165, 1.54) is 37.4 Å². The van der Waals surface area contributed by atoms with Gasteiger partial charge in [0.05, 0.1) is 0 Å². The van der Waals surface area contributed by atoms with E-state index in [0.717, 1.165) is 37.8 Å². The van der Waals surface area contributed by atoms with Crippen molar-refractivity contribution in [2.24, 2.45) is 5.92 Å². The first kappa shape index (κ1) is 16.2. The molecule has 0 spiro atoms. The molecule has 0 radical (unpaired) electrons. The Morgan fingerprint density at radius 2 is 2.24 bits per heavy atom. The summed E-state index contributed by atoms with van der Waals surface area (Å²) in [6.45, 7) is 3.08. The zero-order chi connectivity index (χ0) is 15.3. The molecule has 1 saturated heterocycles. The van der Waals surface area contributed by atoms with Crippen LogP contribution in [0.15, 0.2) is 23.2 Å². The first-order valence-electron chi connectivity index (χ1n) is 7.33. The number of hydrogen-bond donors (Lipinski definition) is 2. The van der Waals surface area contributed by atoms with Crippen LogP contribution in [0.25, 0.3) is 0 Å². The average molecular weight is 312 g/mol. The third-order valence-electron chi connectivity index (χ3n) is 3.77. The van der Waals surface area contributed by atoms with E-state index in [0.29, 0.717) is 0 Å². The zero-order valence-corrected chi connectivity index (χ0v) is 13.5. The van der Waals surface area contributed by atoms with Crippen molar-refractivity contribution in [1.29, 1.82) is 0 Å². The Hall–Kier alpha value is -1.18. The molecule has 0 bridgehead atoms. The predicted molar refractivity (Wildman–Crippen MR) is 83.8 cm³/mol. The van der Waals surface area contributed by atoms with Gasteiger partial charge in [-0.3, -0.25) is 0 Å². The molecule has 0 saturated carbocycles. The second-order valence-electron chi connectivity index (χ2n) is 5.59. The molecule has 1 atom stereocenters. The van der Waals surface area contributed by atoms with Gasteiger partial charge in [-0.25, -0.2) is 17.7 Å². The molecule has 1 aliphatic rings. The largest absolute Gasteiger partial charge is 0.370 e. The Bertz CT molecular complexity index is 537. The molecule has 1 aromatic heterocycles. The lowest BCUT2D eigenvalue weighted by Crippen LogP contribution is -2.30. The van der Waals surface area contributed by atoms with Gasteiger partial charge in [-0.1, -0.05) is 0 Å². The summed E-state index contributed by atoms with van der Waals surface area (Å²) in [4.78, 5) is 4.39. The summed E-state index contributed by atoms with van der Waals surface area (Å²) < 4.78 is 25.0. The van der Waals surface area contributed by atoms with E-state index in [2.05, 4.69) is 15.6 Å². The number of anilines is 1. The number of nitrogens with one attached hydrogen (secondary N) is 2. The molecule has 1 fully saturated rings. The topological polar surface area (TPSA) is 74.3 Å². The molecule has 0 aromatic carbocycles. The first-order chi connectivity index (χ1) is 10.00. The Balaban J connectivity index is 1.85. The standard InChI is InChI=1S/C14H24N4O2S/c1-18(2)21(19,20)13-5-6-14(17-11-13)16-9-7-12-4-3-8-15-10-12/h5-6,11-12,15H,3-4,7-10H2,1-2H3,(H,16,17). The maximum Gasteiger partial charge on any atom is 0.244 e. The third-order valence-corrected chi connectivity index (χ3v) is 5.57. The maximum absolute atomic E-state index is 11.9. The van der Waals surface area contributed by atoms with Gasteiger partial charge >= 0.3 is 0 Å². The highest BCUT2D eigenvalue weighted by atomic mass is 32.2. The van der Waals surface area contributed by atoms with E-state index in [-0.39, 0.29) is 4.90 Å². The Kier molecular flexibility index (Phi) is 5.55. The van der Waals surface area contributed by atoms with Crippen molar-refractivity contribution in [3.05, 3.63) is 18.3 Å². The monoisotopic (exact) mass is 312 g/mol. The molecule has 1 aliphatic heterocycles. The van der Waals surface area contributed by atoms with Crippen molar-refractivity contribution in [1.82, 2.24) is 14.6 Å². The number of aromatic nitrogens is 1. The summed E-state index contributed by atoms with van der Waals surface area (Å²) in [7, 11) is -0.369. The highest BCUT2D eigenvalue weighted by molar-refractivity contribution is 7.89. The van der Waals surface area contributed by atoms with Crippen LogP contribution in [0.4, 0.5) is 5.82 Å². The van der Waals surface area contributed by atoms with E-state index in [9.17, 15) is 8.42 Å². The van der Waals surface area contributed by atoms with E-state index in [4.69, 9.17) is 0 Å². The molecule has 21 heavy (non-hydrogen) atoms. The summed E-state index contributed by atoms with van der Waals surface area (Å²) >= 11 is 0. The molecular weight excluding hydrogens is 288 g/mol. The number of sulfonamides is 1. The van der Waals surface area contributed by atoms with Crippen molar-refractivity contribution in [3.8, 4) is 0 Å². The van der Waals surface area contributed by atoms with E-state index in [1.54, 1.807) is 12.1 Å². The molecule has 6 nitrogen and oxygen atoms in total. The van der Waals surface area contributed by atoms with Gasteiger partial charge in [-0.05, 0) is 50.4 Å². The number of nitrogens with zero attached hydrogens (tertiary/aromatic N) is 2. The Morgan fingerprint density at radius 3 is 2.81 bits per heavy atom. The van der Waals surface area contributed by atoms with Crippen LogP contribution in [0.1, 0.15) is 19.3 Å². The van der Waals surface area contributed by atoms with Gasteiger partial charge in [0.1, 0.15) is 10.7 Å². The zero-order valence-electron chi connectivity index (χ0n) is 12.7. The molecular formula is C14H24N4O2S. The van der Waals surface area contributed by atoms with Crippen LogP contribution in [0.2, 0.25) is 0 Å². The molecule has 2 rings (SSSR count). The SMILES string of the molecule is CN(C)S(=O)(=O)c1ccc(NCCC2CCCNC2)nc1. The smallest absolute Gasteiger partial charge is 0.244 e. The first-order valence-corrected chi connectivity index (χ1v) is 8.77. The molecule has 2 N–H and O–H groups in total. The van der Waals surface area contributed by atoms with Crippen LogP contribution in [0.3, 0.4) is 0 Å². The highest BCUT2D eigenvalue weighted by Gasteiger charge is 2.17. The van der Waals surface area contributed by atoms with Crippen molar-refractivity contribution in [3.63, 3.8) is 0 Å². The van der Waals surface area contributed by atoms with Gasteiger partial charge in [-0.15, -0.1) is 0 Å². The van der Waals surface area contributed by atoms with Crippen LogP contribution in [0, 0.1) is 5.92 Å². The molecule has 7 heteroatoms. The van der Waals surface area contributed by atoms with Crippen molar-refractivity contribution < 1.29 is 8.42 Å². The quantitative estimate of drug-likeness (QED) is 0.824. The molecule has 0 amide bonds. The Morgan fingerprint density at radius 1 is 1.43 bits per heavy atom. The lowest BCUT2D eigenvalue weighted by molar-refractivity contribution is 0.364. The molecule has 2 heterocycles. The van der Waals surface area contributed by atoms with Gasteiger partial charge in [0.15, 0.2) is 0 Å². The fourth-order valence-electron chi connectivity index (χ4n) is 2.42. The molecule has 0 aliphatic carbocycles. The van der Waals surface area contributed by atoms with Crippen LogP contribution in [-0.2, 0) is 10.0 Å². The Labute approximate surface area is 127 Å². The summed E-state index contributed by atoms with van der Waals surface area (Å²) in [6, 6.07) is 3.31. The number of rotatable bonds is 6. The second kappa shape index (κ2) is 7.20. The summed E-state index contributed by atoms with van der Waals surface area (Å²) in [5.74, 6) is 1.44. The minimum atomic E-state index is -3.40. The van der Waals surface area contributed by atoms with Gasteiger partial charge in [0.25, 0.3) is 0 Å². The number of piperidine rings is 1. The van der Waals surface area contributed by atoms with E-state index >= 15 is 0 Å². The average Bonchev–Trinajstić information content (AvgIpc) is 2.49. The number of pyridine rings is 1. The summed E-state index contributed by atoms with van der Waals surface area (Å²) in [6.07, 6.45) is 5.04.